The Balaban J connectivity index is 2.19. The molecule has 5 nitrogen and oxygen atoms in total. The van der Waals surface area contributed by atoms with Crippen LogP contribution in [0.1, 0.15) is 31.9 Å². The number of rotatable bonds is 9. The van der Waals surface area contributed by atoms with Crippen molar-refractivity contribution in [2.45, 2.75) is 51.4 Å². The van der Waals surface area contributed by atoms with Gasteiger partial charge in [0, 0.05) is 13.6 Å². The van der Waals surface area contributed by atoms with Gasteiger partial charge in [-0.15, -0.1) is 6.58 Å². The van der Waals surface area contributed by atoms with E-state index in [-0.39, 0.29) is 5.91 Å². The van der Waals surface area contributed by atoms with Crippen LogP contribution in [0.4, 0.5) is 0 Å². The lowest BCUT2D eigenvalue weighted by atomic mass is 10.0. The van der Waals surface area contributed by atoms with Crippen LogP contribution in [0.15, 0.2) is 73.3 Å². The third kappa shape index (κ3) is 7.48. The van der Waals surface area contributed by atoms with E-state index >= 15 is 0 Å². The number of carbonyl (C=O) groups excluding carboxylic acids is 2. The quantitative estimate of drug-likeness (QED) is 0.507. The van der Waals surface area contributed by atoms with Crippen molar-refractivity contribution in [2.75, 3.05) is 7.05 Å². The molecule has 2 atom stereocenters. The van der Waals surface area contributed by atoms with Crippen molar-refractivity contribution in [2.24, 2.45) is 0 Å². The SMILES string of the molecule is C=CC(N[C@@H](Cc1ccccc1)C(=O)N(C)Cc1ccccc1)C(=O)OC(C)(C)C. The predicted octanol–water partition coefficient (Wildman–Crippen LogP) is 3.74. The maximum absolute atomic E-state index is 13.3. The van der Waals surface area contributed by atoms with Gasteiger partial charge in [0.15, 0.2) is 0 Å². The number of esters is 1. The van der Waals surface area contributed by atoms with Crippen molar-refractivity contribution in [1.29, 1.82) is 0 Å². The van der Waals surface area contributed by atoms with Crippen molar-refractivity contribution in [3.05, 3.63) is 84.4 Å². The van der Waals surface area contributed by atoms with Crippen LogP contribution in [-0.4, -0.2) is 41.5 Å². The minimum atomic E-state index is -0.785. The number of hydrogen-bond acceptors (Lipinski definition) is 4. The zero-order valence-electron chi connectivity index (χ0n) is 18.3. The van der Waals surface area contributed by atoms with Gasteiger partial charge < -0.3 is 9.64 Å². The lowest BCUT2D eigenvalue weighted by Crippen LogP contribution is -2.52. The molecule has 160 valence electrons. The standard InChI is InChI=1S/C25H32N2O3/c1-6-21(24(29)30-25(2,3)4)26-22(17-19-13-9-7-10-14-19)23(28)27(5)18-20-15-11-8-12-16-20/h6-16,21-22,26H,1,17-18H2,2-5H3/t21?,22-/m0/s1. The van der Waals surface area contributed by atoms with Gasteiger partial charge >= 0.3 is 5.97 Å². The number of carbonyl (C=O) groups is 2. The van der Waals surface area contributed by atoms with Gasteiger partial charge in [-0.25, -0.2) is 4.79 Å². The second-order valence-electron chi connectivity index (χ2n) is 8.34. The van der Waals surface area contributed by atoms with Crippen LogP contribution in [0.5, 0.6) is 0 Å². The molecule has 5 heteroatoms. The van der Waals surface area contributed by atoms with E-state index in [1.165, 1.54) is 6.08 Å². The van der Waals surface area contributed by atoms with Gasteiger partial charge in [0.05, 0.1) is 6.04 Å². The first kappa shape index (κ1) is 23.4. The fraction of sp³-hybridized carbons (Fsp3) is 0.360. The van der Waals surface area contributed by atoms with E-state index < -0.39 is 23.7 Å². The summed E-state index contributed by atoms with van der Waals surface area (Å²) in [6.07, 6.45) is 1.93. The minimum absolute atomic E-state index is 0.0990. The molecule has 2 aromatic carbocycles. The molecule has 1 N–H and O–H groups in total. The molecule has 0 aromatic heterocycles. The average molecular weight is 409 g/mol. The van der Waals surface area contributed by atoms with Gasteiger partial charge in [0.1, 0.15) is 11.6 Å². The number of amides is 1. The van der Waals surface area contributed by atoms with Crippen molar-refractivity contribution in [3.8, 4) is 0 Å². The Hall–Kier alpha value is -2.92. The van der Waals surface area contributed by atoms with E-state index in [2.05, 4.69) is 11.9 Å². The summed E-state index contributed by atoms with van der Waals surface area (Å²) in [5, 5.41) is 3.16. The van der Waals surface area contributed by atoms with E-state index in [0.29, 0.717) is 13.0 Å². The van der Waals surface area contributed by atoms with Crippen LogP contribution in [0.25, 0.3) is 0 Å². The molecule has 0 fully saturated rings. The number of benzene rings is 2. The van der Waals surface area contributed by atoms with Crippen molar-refractivity contribution in [3.63, 3.8) is 0 Å². The number of hydrogen-bond donors (Lipinski definition) is 1. The molecule has 1 unspecified atom stereocenters. The predicted molar refractivity (Wildman–Crippen MR) is 120 cm³/mol. The molecule has 0 bridgehead atoms. The molecule has 0 spiro atoms. The summed E-state index contributed by atoms with van der Waals surface area (Å²) in [6.45, 7) is 9.67. The van der Waals surface area contributed by atoms with E-state index in [4.69, 9.17) is 4.74 Å². The molecular formula is C25H32N2O3. The average Bonchev–Trinajstić information content (AvgIpc) is 2.70. The van der Waals surface area contributed by atoms with Gasteiger partial charge in [-0.2, -0.15) is 0 Å². The molecule has 0 saturated carbocycles. The normalized spacial score (nSPS) is 13.2. The number of nitrogens with zero attached hydrogens (tertiary/aromatic N) is 1. The highest BCUT2D eigenvalue weighted by molar-refractivity contribution is 5.84. The Morgan fingerprint density at radius 2 is 1.57 bits per heavy atom. The zero-order valence-corrected chi connectivity index (χ0v) is 18.3. The van der Waals surface area contributed by atoms with Crippen molar-refractivity contribution in [1.82, 2.24) is 10.2 Å². The second-order valence-corrected chi connectivity index (χ2v) is 8.34. The Morgan fingerprint density at radius 3 is 2.07 bits per heavy atom. The highest BCUT2D eigenvalue weighted by atomic mass is 16.6. The Morgan fingerprint density at radius 1 is 1.03 bits per heavy atom. The van der Waals surface area contributed by atoms with Crippen LogP contribution in [0.2, 0.25) is 0 Å². The van der Waals surface area contributed by atoms with Crippen LogP contribution < -0.4 is 5.32 Å². The van der Waals surface area contributed by atoms with Gasteiger partial charge in [-0.3, -0.25) is 10.1 Å². The minimum Gasteiger partial charge on any atom is -0.459 e. The van der Waals surface area contributed by atoms with Crippen LogP contribution in [0.3, 0.4) is 0 Å². The first-order valence-electron chi connectivity index (χ1n) is 10.1. The number of nitrogens with one attached hydrogen (secondary N) is 1. The van der Waals surface area contributed by atoms with E-state index in [9.17, 15) is 9.59 Å². The monoisotopic (exact) mass is 408 g/mol. The fourth-order valence-electron chi connectivity index (χ4n) is 3.08. The van der Waals surface area contributed by atoms with Crippen molar-refractivity contribution >= 4 is 11.9 Å². The lowest BCUT2D eigenvalue weighted by Gasteiger charge is -2.29. The Kier molecular flexibility index (Phi) is 8.36. The van der Waals surface area contributed by atoms with E-state index in [0.717, 1.165) is 11.1 Å². The molecule has 0 saturated heterocycles. The summed E-state index contributed by atoms with van der Waals surface area (Å²) >= 11 is 0. The second kappa shape index (κ2) is 10.7. The highest BCUT2D eigenvalue weighted by Gasteiger charge is 2.29. The summed E-state index contributed by atoms with van der Waals surface area (Å²) in [4.78, 5) is 27.5. The summed E-state index contributed by atoms with van der Waals surface area (Å²) < 4.78 is 5.48. The molecule has 30 heavy (non-hydrogen) atoms. The maximum atomic E-state index is 13.3. The molecule has 0 heterocycles. The largest absolute Gasteiger partial charge is 0.459 e. The maximum Gasteiger partial charge on any atom is 0.327 e. The summed E-state index contributed by atoms with van der Waals surface area (Å²) in [5.41, 5.74) is 1.42. The van der Waals surface area contributed by atoms with Gasteiger partial charge in [0.2, 0.25) is 5.91 Å². The molecule has 2 aromatic rings. The Bertz CT molecular complexity index is 828. The van der Waals surface area contributed by atoms with Gasteiger partial charge in [-0.05, 0) is 38.3 Å². The highest BCUT2D eigenvalue weighted by Crippen LogP contribution is 2.12. The topological polar surface area (TPSA) is 58.6 Å². The molecular weight excluding hydrogens is 376 g/mol. The zero-order chi connectivity index (χ0) is 22.1. The summed E-state index contributed by atoms with van der Waals surface area (Å²) in [6, 6.07) is 18.2. The van der Waals surface area contributed by atoms with Gasteiger partial charge in [0.25, 0.3) is 0 Å². The Labute approximate surface area is 179 Å². The number of likely N-dealkylation sites (N-methyl/N-ethyl adjacent to an activating group) is 1. The molecule has 2 rings (SSSR count). The summed E-state index contributed by atoms with van der Waals surface area (Å²) in [5.74, 6) is -0.549. The molecule has 0 aliphatic carbocycles. The van der Waals surface area contributed by atoms with E-state index in [1.807, 2.05) is 81.4 Å². The number of ether oxygens (including phenoxy) is 1. The third-order valence-corrected chi connectivity index (χ3v) is 4.50. The molecule has 0 radical (unpaired) electrons. The van der Waals surface area contributed by atoms with Crippen LogP contribution in [0, 0.1) is 0 Å². The smallest absolute Gasteiger partial charge is 0.327 e. The van der Waals surface area contributed by atoms with Crippen molar-refractivity contribution < 1.29 is 14.3 Å². The lowest BCUT2D eigenvalue weighted by molar-refractivity contribution is -0.156. The first-order valence-corrected chi connectivity index (χ1v) is 10.1. The molecule has 0 aliphatic rings. The van der Waals surface area contributed by atoms with Gasteiger partial charge in [-0.1, -0.05) is 66.7 Å². The molecule has 1 amide bonds. The van der Waals surface area contributed by atoms with Crippen LogP contribution in [-0.2, 0) is 27.3 Å². The van der Waals surface area contributed by atoms with Crippen LogP contribution >= 0.6 is 0 Å². The summed E-state index contributed by atoms with van der Waals surface area (Å²) in [7, 11) is 1.77. The third-order valence-electron chi connectivity index (χ3n) is 4.50. The first-order chi connectivity index (χ1) is 14.2. The molecule has 0 aliphatic heterocycles. The van der Waals surface area contributed by atoms with E-state index in [1.54, 1.807) is 11.9 Å². The fourth-order valence-corrected chi connectivity index (χ4v) is 3.08.